The van der Waals surface area contributed by atoms with Gasteiger partial charge >= 0.3 is 0 Å². The number of fused-ring (bicyclic) bond motifs is 1. The number of carbonyl (C=O) groups excluding carboxylic acids is 2. The summed E-state index contributed by atoms with van der Waals surface area (Å²) in [6.45, 7) is 1.38. The number of H-pyrrole nitrogens is 1. The summed E-state index contributed by atoms with van der Waals surface area (Å²) in [6, 6.07) is 7.58. The highest BCUT2D eigenvalue weighted by molar-refractivity contribution is 6.00. The van der Waals surface area contributed by atoms with Crippen molar-refractivity contribution in [3.63, 3.8) is 0 Å². The van der Waals surface area contributed by atoms with Crippen molar-refractivity contribution in [1.82, 2.24) is 20.0 Å². The number of aromatic nitrogens is 4. The van der Waals surface area contributed by atoms with Crippen LogP contribution in [-0.4, -0.2) is 31.8 Å². The topological polar surface area (TPSA) is 105 Å². The fourth-order valence-corrected chi connectivity index (χ4v) is 2.14. The summed E-state index contributed by atoms with van der Waals surface area (Å²) in [5.41, 5.74) is 1.57. The first kappa shape index (κ1) is 13.8. The Morgan fingerprint density at radius 1 is 1.27 bits per heavy atom. The van der Waals surface area contributed by atoms with E-state index in [1.807, 2.05) is 30.5 Å². The Morgan fingerprint density at radius 3 is 2.95 bits per heavy atom. The van der Waals surface area contributed by atoms with Crippen molar-refractivity contribution in [2.45, 2.75) is 13.5 Å². The Hall–Kier alpha value is -3.16. The Labute approximate surface area is 125 Å². The molecule has 8 nitrogen and oxygen atoms in total. The van der Waals surface area contributed by atoms with E-state index in [1.165, 1.54) is 17.8 Å². The largest absolute Gasteiger partial charge is 0.359 e. The van der Waals surface area contributed by atoms with Crippen molar-refractivity contribution < 1.29 is 9.59 Å². The Morgan fingerprint density at radius 2 is 2.14 bits per heavy atom. The number of benzene rings is 1. The first-order valence-corrected chi connectivity index (χ1v) is 6.65. The van der Waals surface area contributed by atoms with E-state index in [9.17, 15) is 9.59 Å². The maximum atomic E-state index is 12.1. The zero-order valence-electron chi connectivity index (χ0n) is 11.8. The molecule has 0 atom stereocenters. The average Bonchev–Trinajstić information content (AvgIpc) is 3.07. The molecule has 1 aromatic carbocycles. The Bertz CT molecular complexity index is 835. The molecule has 3 N–H and O–H groups in total. The fraction of sp³-hybridized carbons (Fsp3) is 0.143. The summed E-state index contributed by atoms with van der Waals surface area (Å²) in [4.78, 5) is 26.1. The number of hydrogen-bond acceptors (Lipinski definition) is 4. The minimum Gasteiger partial charge on any atom is -0.359 e. The minimum atomic E-state index is -0.241. The van der Waals surface area contributed by atoms with Gasteiger partial charge in [0, 0.05) is 18.5 Å². The monoisotopic (exact) mass is 298 g/mol. The normalized spacial score (nSPS) is 10.6. The van der Waals surface area contributed by atoms with E-state index < -0.39 is 0 Å². The molecule has 0 bridgehead atoms. The molecule has 2 aromatic heterocycles. The van der Waals surface area contributed by atoms with E-state index in [2.05, 4.69) is 25.9 Å². The SMILES string of the molecule is CC(=O)Nc1cn(CC(=O)Nc2cccc3cc[nH]c23)nn1. The summed E-state index contributed by atoms with van der Waals surface area (Å²) in [5, 5.41) is 13.9. The summed E-state index contributed by atoms with van der Waals surface area (Å²) in [7, 11) is 0. The van der Waals surface area contributed by atoms with Crippen LogP contribution in [-0.2, 0) is 16.1 Å². The number of para-hydroxylation sites is 1. The molecule has 0 fully saturated rings. The third-order valence-corrected chi connectivity index (χ3v) is 3.01. The number of anilines is 2. The summed E-state index contributed by atoms with van der Waals surface area (Å²) in [6.07, 6.45) is 3.31. The van der Waals surface area contributed by atoms with Gasteiger partial charge in [0.1, 0.15) is 6.54 Å². The van der Waals surface area contributed by atoms with Gasteiger partial charge in [0.15, 0.2) is 5.82 Å². The number of rotatable bonds is 4. The maximum Gasteiger partial charge on any atom is 0.246 e. The maximum absolute atomic E-state index is 12.1. The summed E-state index contributed by atoms with van der Waals surface area (Å²) >= 11 is 0. The molecular weight excluding hydrogens is 284 g/mol. The van der Waals surface area contributed by atoms with E-state index in [4.69, 9.17) is 0 Å². The third kappa shape index (κ3) is 2.95. The zero-order chi connectivity index (χ0) is 15.5. The van der Waals surface area contributed by atoms with Crippen molar-refractivity contribution >= 4 is 34.2 Å². The van der Waals surface area contributed by atoms with Crippen LogP contribution < -0.4 is 10.6 Å². The van der Waals surface area contributed by atoms with Gasteiger partial charge in [-0.3, -0.25) is 9.59 Å². The van der Waals surface area contributed by atoms with Crippen molar-refractivity contribution in [2.24, 2.45) is 0 Å². The number of hydrogen-bond donors (Lipinski definition) is 3. The van der Waals surface area contributed by atoms with Crippen LogP contribution in [0.25, 0.3) is 10.9 Å². The molecule has 22 heavy (non-hydrogen) atoms. The molecule has 0 aliphatic carbocycles. The first-order valence-electron chi connectivity index (χ1n) is 6.65. The average molecular weight is 298 g/mol. The highest BCUT2D eigenvalue weighted by Gasteiger charge is 2.09. The number of nitrogens with zero attached hydrogens (tertiary/aromatic N) is 3. The molecule has 3 aromatic rings. The van der Waals surface area contributed by atoms with Crippen LogP contribution in [0.2, 0.25) is 0 Å². The lowest BCUT2D eigenvalue weighted by Gasteiger charge is -2.06. The molecule has 3 rings (SSSR count). The van der Waals surface area contributed by atoms with E-state index in [0.29, 0.717) is 11.5 Å². The van der Waals surface area contributed by atoms with Crippen LogP contribution >= 0.6 is 0 Å². The van der Waals surface area contributed by atoms with Gasteiger partial charge in [0.2, 0.25) is 11.8 Å². The second-order valence-corrected chi connectivity index (χ2v) is 4.78. The van der Waals surface area contributed by atoms with Gasteiger partial charge < -0.3 is 15.6 Å². The third-order valence-electron chi connectivity index (χ3n) is 3.01. The second-order valence-electron chi connectivity index (χ2n) is 4.78. The Kier molecular flexibility index (Phi) is 3.57. The highest BCUT2D eigenvalue weighted by Crippen LogP contribution is 2.21. The van der Waals surface area contributed by atoms with Crippen LogP contribution in [0.3, 0.4) is 0 Å². The van der Waals surface area contributed by atoms with Gasteiger partial charge in [-0.15, -0.1) is 5.10 Å². The first-order chi connectivity index (χ1) is 10.6. The second kappa shape index (κ2) is 5.68. The fourth-order valence-electron chi connectivity index (χ4n) is 2.14. The molecule has 0 saturated carbocycles. The minimum absolute atomic E-state index is 0.00365. The van der Waals surface area contributed by atoms with Crippen molar-refractivity contribution in [2.75, 3.05) is 10.6 Å². The smallest absolute Gasteiger partial charge is 0.246 e. The van der Waals surface area contributed by atoms with Gasteiger partial charge in [-0.1, -0.05) is 17.3 Å². The molecule has 0 aliphatic heterocycles. The molecule has 112 valence electrons. The van der Waals surface area contributed by atoms with Gasteiger partial charge in [0.25, 0.3) is 0 Å². The molecule has 0 unspecified atom stereocenters. The van der Waals surface area contributed by atoms with Crippen LogP contribution in [0.15, 0.2) is 36.7 Å². The number of nitrogens with one attached hydrogen (secondary N) is 3. The van der Waals surface area contributed by atoms with E-state index in [-0.39, 0.29) is 18.4 Å². The van der Waals surface area contributed by atoms with Crippen LogP contribution in [0.5, 0.6) is 0 Å². The van der Waals surface area contributed by atoms with Crippen LogP contribution in [0.4, 0.5) is 11.5 Å². The summed E-state index contributed by atoms with van der Waals surface area (Å²) < 4.78 is 1.36. The molecular formula is C14H14N6O2. The van der Waals surface area contributed by atoms with Crippen LogP contribution in [0, 0.1) is 0 Å². The molecule has 0 aliphatic rings. The highest BCUT2D eigenvalue weighted by atomic mass is 16.2. The van der Waals surface area contributed by atoms with Crippen LogP contribution in [0.1, 0.15) is 6.92 Å². The molecule has 2 heterocycles. The lowest BCUT2D eigenvalue weighted by atomic mass is 10.2. The number of carbonyl (C=O) groups is 2. The standard InChI is InChI=1S/C14H14N6O2/c1-9(21)16-12-7-20(19-18-12)8-13(22)17-11-4-2-3-10-5-6-15-14(10)11/h2-7,15H,8H2,1H3,(H,16,21)(H,17,22). The van der Waals surface area contributed by atoms with E-state index >= 15 is 0 Å². The lowest BCUT2D eigenvalue weighted by molar-refractivity contribution is -0.117. The number of aromatic amines is 1. The van der Waals surface area contributed by atoms with Crippen molar-refractivity contribution in [3.05, 3.63) is 36.7 Å². The predicted octanol–water partition coefficient (Wildman–Crippen LogP) is 1.36. The molecule has 0 saturated heterocycles. The van der Waals surface area contributed by atoms with Gasteiger partial charge in [-0.25, -0.2) is 4.68 Å². The van der Waals surface area contributed by atoms with E-state index in [0.717, 1.165) is 10.9 Å². The van der Waals surface area contributed by atoms with Gasteiger partial charge in [-0.2, -0.15) is 0 Å². The molecule has 2 amide bonds. The predicted molar refractivity (Wildman–Crippen MR) is 81.3 cm³/mol. The van der Waals surface area contributed by atoms with Gasteiger partial charge in [0.05, 0.1) is 17.4 Å². The summed E-state index contributed by atoms with van der Waals surface area (Å²) in [5.74, 6) is -0.164. The quantitative estimate of drug-likeness (QED) is 0.676. The van der Waals surface area contributed by atoms with Crippen molar-refractivity contribution in [3.8, 4) is 0 Å². The van der Waals surface area contributed by atoms with E-state index in [1.54, 1.807) is 0 Å². The van der Waals surface area contributed by atoms with Gasteiger partial charge in [-0.05, 0) is 12.1 Å². The number of amides is 2. The molecule has 0 radical (unpaired) electrons. The lowest BCUT2D eigenvalue weighted by Crippen LogP contribution is -2.19. The Balaban J connectivity index is 1.68. The molecule has 0 spiro atoms. The van der Waals surface area contributed by atoms with Crippen molar-refractivity contribution in [1.29, 1.82) is 0 Å². The zero-order valence-corrected chi connectivity index (χ0v) is 11.8. The molecule has 8 heteroatoms.